The maximum Gasteiger partial charge on any atom is 0.370 e. The van der Waals surface area contributed by atoms with Crippen LogP contribution in [0.3, 0.4) is 0 Å². The monoisotopic (exact) mass is 389 g/mol. The molecule has 0 spiro atoms. The lowest BCUT2D eigenvalue weighted by Crippen LogP contribution is -2.15. The molecule has 0 aliphatic rings. The number of hydrogen-bond donors (Lipinski definition) is 1. The van der Waals surface area contributed by atoms with E-state index in [1.54, 1.807) is 23.5 Å². The summed E-state index contributed by atoms with van der Waals surface area (Å²) in [6.45, 7) is 1.93. The van der Waals surface area contributed by atoms with E-state index in [4.69, 9.17) is 22.2 Å². The van der Waals surface area contributed by atoms with Crippen LogP contribution in [-0.4, -0.2) is 16.8 Å². The number of nitrogens with zero attached hydrogens (tertiary/aromatic N) is 2. The Morgan fingerprint density at radius 3 is 2.62 bits per heavy atom. The van der Waals surface area contributed by atoms with Crippen LogP contribution < -0.4 is 5.73 Å². The number of oxime groups is 1. The Labute approximate surface area is 157 Å². The molecule has 0 aliphatic heterocycles. The number of hydrogen-bond acceptors (Lipinski definition) is 5. The Hall–Kier alpha value is -2.77. The third-order valence-corrected chi connectivity index (χ3v) is 4.58. The predicted molar refractivity (Wildman–Crippen MR) is 99.8 cm³/mol. The number of thiazole rings is 1. The highest BCUT2D eigenvalue weighted by Crippen LogP contribution is 2.22. The number of aromatic nitrogens is 1. The lowest BCUT2D eigenvalue weighted by molar-refractivity contribution is 0.0511. The van der Waals surface area contributed by atoms with Crippen LogP contribution in [0.4, 0.5) is 4.39 Å². The number of halogens is 2. The summed E-state index contributed by atoms with van der Waals surface area (Å²) in [7, 11) is 0. The summed E-state index contributed by atoms with van der Waals surface area (Å²) in [5, 5.41) is 6.44. The van der Waals surface area contributed by atoms with Gasteiger partial charge < -0.3 is 10.6 Å². The zero-order valence-electron chi connectivity index (χ0n) is 13.6. The Balaban J connectivity index is 1.74. The molecular weight excluding hydrogens is 377 g/mol. The van der Waals surface area contributed by atoms with Gasteiger partial charge in [-0.15, -0.1) is 11.3 Å². The van der Waals surface area contributed by atoms with Crippen LogP contribution in [0.5, 0.6) is 0 Å². The molecular formula is C18H13ClFN3O2S. The molecule has 0 radical (unpaired) electrons. The fraction of sp³-hybridized carbons (Fsp3) is 0.0556. The number of carbonyl (C=O) groups is 1. The van der Waals surface area contributed by atoms with Crippen LogP contribution in [0, 0.1) is 12.7 Å². The van der Waals surface area contributed by atoms with Gasteiger partial charge >= 0.3 is 5.97 Å². The lowest BCUT2D eigenvalue weighted by Gasteiger charge is -2.04. The third kappa shape index (κ3) is 3.89. The van der Waals surface area contributed by atoms with E-state index < -0.39 is 11.8 Å². The first-order valence-corrected chi connectivity index (χ1v) is 8.73. The van der Waals surface area contributed by atoms with Crippen molar-refractivity contribution in [1.29, 1.82) is 0 Å². The SMILES string of the molecule is Cc1nc(-c2ccc(C(N)=NOC(=O)c3c(F)cccc3Cl)cc2)cs1. The van der Waals surface area contributed by atoms with E-state index in [1.165, 1.54) is 12.1 Å². The molecule has 3 rings (SSSR count). The van der Waals surface area contributed by atoms with Gasteiger partial charge in [0.2, 0.25) is 0 Å². The molecule has 2 aromatic carbocycles. The minimum Gasteiger partial charge on any atom is -0.380 e. The number of nitrogens with two attached hydrogens (primary N) is 1. The second-order valence-electron chi connectivity index (χ2n) is 5.28. The summed E-state index contributed by atoms with van der Waals surface area (Å²) in [5.74, 6) is -1.84. The summed E-state index contributed by atoms with van der Waals surface area (Å²) < 4.78 is 13.7. The van der Waals surface area contributed by atoms with Crippen LogP contribution in [-0.2, 0) is 4.84 Å². The molecule has 0 saturated heterocycles. The zero-order valence-corrected chi connectivity index (χ0v) is 15.1. The highest BCUT2D eigenvalue weighted by atomic mass is 35.5. The van der Waals surface area contributed by atoms with Crippen LogP contribution in [0.2, 0.25) is 5.02 Å². The van der Waals surface area contributed by atoms with Gasteiger partial charge in [0.25, 0.3) is 0 Å². The highest BCUT2D eigenvalue weighted by molar-refractivity contribution is 7.09. The summed E-state index contributed by atoms with van der Waals surface area (Å²) in [4.78, 5) is 21.1. The molecule has 1 aromatic heterocycles. The molecule has 3 aromatic rings. The van der Waals surface area contributed by atoms with E-state index in [0.717, 1.165) is 22.3 Å². The minimum absolute atomic E-state index is 0.0215. The van der Waals surface area contributed by atoms with Crippen molar-refractivity contribution in [1.82, 2.24) is 4.98 Å². The van der Waals surface area contributed by atoms with Crippen molar-refractivity contribution in [3.8, 4) is 11.3 Å². The molecule has 0 aliphatic carbocycles. The van der Waals surface area contributed by atoms with Crippen molar-refractivity contribution in [3.63, 3.8) is 0 Å². The second kappa shape index (κ2) is 7.63. The second-order valence-corrected chi connectivity index (χ2v) is 6.75. The van der Waals surface area contributed by atoms with Gasteiger partial charge in [0.05, 0.1) is 15.7 Å². The minimum atomic E-state index is -1.02. The van der Waals surface area contributed by atoms with E-state index in [0.29, 0.717) is 5.56 Å². The Morgan fingerprint density at radius 1 is 1.27 bits per heavy atom. The van der Waals surface area contributed by atoms with Crippen molar-refractivity contribution < 1.29 is 14.0 Å². The summed E-state index contributed by atoms with van der Waals surface area (Å²) in [6.07, 6.45) is 0. The average molecular weight is 390 g/mol. The molecule has 0 amide bonds. The molecule has 132 valence electrons. The molecule has 0 bridgehead atoms. The molecule has 0 unspecified atom stereocenters. The number of carbonyl (C=O) groups excluding carboxylic acids is 1. The smallest absolute Gasteiger partial charge is 0.370 e. The first-order valence-electron chi connectivity index (χ1n) is 7.47. The van der Waals surface area contributed by atoms with E-state index >= 15 is 0 Å². The van der Waals surface area contributed by atoms with Crippen LogP contribution >= 0.6 is 22.9 Å². The molecule has 8 heteroatoms. The normalized spacial score (nSPS) is 11.4. The first-order chi connectivity index (χ1) is 12.5. The Kier molecular flexibility index (Phi) is 5.29. The maximum absolute atomic E-state index is 13.7. The van der Waals surface area contributed by atoms with Crippen LogP contribution in [0.15, 0.2) is 53.0 Å². The van der Waals surface area contributed by atoms with Gasteiger partial charge in [0.1, 0.15) is 11.4 Å². The average Bonchev–Trinajstić information content (AvgIpc) is 3.06. The number of rotatable bonds is 4. The standard InChI is InChI=1S/C18H13ClFN3O2S/c1-10-22-15(9-26-10)11-5-7-12(8-6-11)17(21)23-25-18(24)16-13(19)3-2-4-14(16)20/h2-9H,1H3,(H2,21,23). The van der Waals surface area contributed by atoms with Crippen molar-refractivity contribution in [2.24, 2.45) is 10.9 Å². The maximum atomic E-state index is 13.7. The zero-order chi connectivity index (χ0) is 18.7. The summed E-state index contributed by atoms with van der Waals surface area (Å²) in [5.41, 5.74) is 7.79. The molecule has 2 N–H and O–H groups in total. The first kappa shape index (κ1) is 18.0. The molecule has 0 saturated carbocycles. The van der Waals surface area contributed by atoms with Gasteiger partial charge in [-0.25, -0.2) is 14.2 Å². The van der Waals surface area contributed by atoms with E-state index in [2.05, 4.69) is 10.1 Å². The van der Waals surface area contributed by atoms with Gasteiger partial charge in [-0.05, 0) is 19.1 Å². The van der Waals surface area contributed by atoms with Crippen molar-refractivity contribution >= 4 is 34.7 Å². The van der Waals surface area contributed by atoms with Gasteiger partial charge in [0.15, 0.2) is 5.84 Å². The van der Waals surface area contributed by atoms with Crippen molar-refractivity contribution in [3.05, 3.63) is 74.8 Å². The predicted octanol–water partition coefficient (Wildman–Crippen LogP) is 4.39. The Bertz CT molecular complexity index is 966. The van der Waals surface area contributed by atoms with Gasteiger partial charge in [-0.1, -0.05) is 47.1 Å². The van der Waals surface area contributed by atoms with E-state index in [1.807, 2.05) is 24.4 Å². The van der Waals surface area contributed by atoms with E-state index in [9.17, 15) is 9.18 Å². The summed E-state index contributed by atoms with van der Waals surface area (Å²) >= 11 is 7.37. The number of aryl methyl sites for hydroxylation is 1. The third-order valence-electron chi connectivity index (χ3n) is 3.49. The molecule has 1 heterocycles. The molecule has 5 nitrogen and oxygen atoms in total. The molecule has 0 atom stereocenters. The Morgan fingerprint density at radius 2 is 2.00 bits per heavy atom. The fourth-order valence-electron chi connectivity index (χ4n) is 2.19. The van der Waals surface area contributed by atoms with Crippen molar-refractivity contribution in [2.45, 2.75) is 6.92 Å². The summed E-state index contributed by atoms with van der Waals surface area (Å²) in [6, 6.07) is 11.0. The number of amidine groups is 1. The van der Waals surface area contributed by atoms with Crippen molar-refractivity contribution in [2.75, 3.05) is 0 Å². The number of benzene rings is 2. The highest BCUT2D eigenvalue weighted by Gasteiger charge is 2.17. The van der Waals surface area contributed by atoms with Gasteiger partial charge in [-0.3, -0.25) is 0 Å². The largest absolute Gasteiger partial charge is 0.380 e. The van der Waals surface area contributed by atoms with Gasteiger partial charge in [-0.2, -0.15) is 0 Å². The lowest BCUT2D eigenvalue weighted by atomic mass is 10.1. The quantitative estimate of drug-likeness (QED) is 0.311. The fourth-order valence-corrected chi connectivity index (χ4v) is 3.05. The molecule has 0 fully saturated rings. The topological polar surface area (TPSA) is 77.6 Å². The van der Waals surface area contributed by atoms with E-state index in [-0.39, 0.29) is 16.4 Å². The van der Waals surface area contributed by atoms with Gasteiger partial charge in [0, 0.05) is 16.5 Å². The molecule has 26 heavy (non-hydrogen) atoms. The van der Waals surface area contributed by atoms with Crippen LogP contribution in [0.25, 0.3) is 11.3 Å². The van der Waals surface area contributed by atoms with Crippen LogP contribution in [0.1, 0.15) is 20.9 Å².